The van der Waals surface area contributed by atoms with Gasteiger partial charge in [0.25, 0.3) is 5.91 Å². The molecule has 2 aromatic rings. The van der Waals surface area contributed by atoms with Crippen LogP contribution in [0.5, 0.6) is 5.75 Å². The first-order chi connectivity index (χ1) is 13.2. The Bertz CT molecular complexity index is 1080. The molecule has 1 saturated heterocycles. The Balaban J connectivity index is 1.69. The number of hydrogen-bond donors (Lipinski definition) is 1. The summed E-state index contributed by atoms with van der Waals surface area (Å²) in [5.41, 5.74) is 1.13. The van der Waals surface area contributed by atoms with Crippen LogP contribution in [0.1, 0.15) is 22.3 Å². The minimum Gasteiger partial charge on any atom is -0.496 e. The van der Waals surface area contributed by atoms with Crippen LogP contribution in [0.3, 0.4) is 0 Å². The third-order valence-corrected chi connectivity index (χ3v) is 8.89. The molecule has 2 aromatic carbocycles. The van der Waals surface area contributed by atoms with Gasteiger partial charge in [-0.3, -0.25) is 4.79 Å². The molecule has 0 radical (unpaired) electrons. The van der Waals surface area contributed by atoms with Crippen molar-refractivity contribution >= 4 is 25.6 Å². The first kappa shape index (κ1) is 20.3. The monoisotopic (exact) mass is 423 g/mol. The van der Waals surface area contributed by atoms with Crippen LogP contribution in [0, 0.1) is 0 Å². The van der Waals surface area contributed by atoms with Crippen LogP contribution < -0.4 is 10.1 Å². The number of para-hydroxylation sites is 1. The predicted molar refractivity (Wildman–Crippen MR) is 105 cm³/mol. The SMILES string of the molecule is COc1ccccc1CNC(=O)c1ccc(S(=O)(=O)[C@@H]2CCS(=O)(=O)C2)cc1. The highest BCUT2D eigenvalue weighted by molar-refractivity contribution is 7.96. The van der Waals surface area contributed by atoms with Crippen LogP contribution in [-0.4, -0.2) is 46.6 Å². The van der Waals surface area contributed by atoms with E-state index in [0.717, 1.165) is 5.56 Å². The van der Waals surface area contributed by atoms with E-state index in [9.17, 15) is 21.6 Å². The summed E-state index contributed by atoms with van der Waals surface area (Å²) in [7, 11) is -5.49. The minimum atomic E-state index is -3.74. The lowest BCUT2D eigenvalue weighted by atomic mass is 10.2. The van der Waals surface area contributed by atoms with Gasteiger partial charge in [0.2, 0.25) is 0 Å². The van der Waals surface area contributed by atoms with Gasteiger partial charge in [0.05, 0.1) is 28.8 Å². The van der Waals surface area contributed by atoms with Crippen LogP contribution in [0.25, 0.3) is 0 Å². The van der Waals surface area contributed by atoms with Crippen LogP contribution >= 0.6 is 0 Å². The molecule has 1 fully saturated rings. The van der Waals surface area contributed by atoms with Crippen molar-refractivity contribution < 1.29 is 26.4 Å². The topological polar surface area (TPSA) is 107 Å². The maximum atomic E-state index is 12.6. The van der Waals surface area contributed by atoms with Crippen molar-refractivity contribution in [3.8, 4) is 5.75 Å². The van der Waals surface area contributed by atoms with Crippen LogP contribution in [0.2, 0.25) is 0 Å². The highest BCUT2D eigenvalue weighted by Crippen LogP contribution is 2.25. The molecule has 0 unspecified atom stereocenters. The molecular formula is C19H21NO6S2. The van der Waals surface area contributed by atoms with Gasteiger partial charge in [-0.2, -0.15) is 0 Å². The van der Waals surface area contributed by atoms with Crippen molar-refractivity contribution in [2.75, 3.05) is 18.6 Å². The molecule has 0 aliphatic carbocycles. The molecule has 7 nitrogen and oxygen atoms in total. The lowest BCUT2D eigenvalue weighted by Crippen LogP contribution is -2.24. The Morgan fingerprint density at radius 3 is 2.43 bits per heavy atom. The molecule has 3 rings (SSSR count). The van der Waals surface area contributed by atoms with Crippen molar-refractivity contribution in [2.45, 2.75) is 23.1 Å². The number of carbonyl (C=O) groups is 1. The van der Waals surface area contributed by atoms with E-state index in [1.165, 1.54) is 24.3 Å². The molecule has 28 heavy (non-hydrogen) atoms. The normalized spacial score (nSPS) is 18.5. The zero-order valence-corrected chi connectivity index (χ0v) is 16.9. The van der Waals surface area contributed by atoms with Crippen molar-refractivity contribution in [3.05, 3.63) is 59.7 Å². The fourth-order valence-corrected chi connectivity index (χ4v) is 7.48. The summed E-state index contributed by atoms with van der Waals surface area (Å²) in [6.45, 7) is 0.267. The maximum absolute atomic E-state index is 12.6. The lowest BCUT2D eigenvalue weighted by molar-refractivity contribution is 0.0950. The van der Waals surface area contributed by atoms with Crippen molar-refractivity contribution in [3.63, 3.8) is 0 Å². The summed E-state index contributed by atoms with van der Waals surface area (Å²) in [5.74, 6) is -0.148. The average molecular weight is 424 g/mol. The molecule has 1 heterocycles. The lowest BCUT2D eigenvalue weighted by Gasteiger charge is -2.11. The van der Waals surface area contributed by atoms with Crippen molar-refractivity contribution in [1.29, 1.82) is 0 Å². The van der Waals surface area contributed by atoms with Gasteiger partial charge in [-0.15, -0.1) is 0 Å². The summed E-state index contributed by atoms with van der Waals surface area (Å²) in [6.07, 6.45) is 0.103. The second-order valence-electron chi connectivity index (χ2n) is 6.59. The van der Waals surface area contributed by atoms with E-state index >= 15 is 0 Å². The fraction of sp³-hybridized carbons (Fsp3) is 0.316. The van der Waals surface area contributed by atoms with Crippen LogP contribution in [0.4, 0.5) is 0 Å². The standard InChI is InChI=1S/C19H21NO6S2/c1-26-18-5-3-2-4-15(18)12-20-19(21)14-6-8-16(9-7-14)28(24,25)17-10-11-27(22,23)13-17/h2-9,17H,10-13H2,1H3,(H,20,21)/t17-/m1/s1. The second-order valence-corrected chi connectivity index (χ2v) is 11.0. The summed E-state index contributed by atoms with van der Waals surface area (Å²) >= 11 is 0. The summed E-state index contributed by atoms with van der Waals surface area (Å²) < 4.78 is 53.6. The number of nitrogens with one attached hydrogen (secondary N) is 1. The molecule has 9 heteroatoms. The highest BCUT2D eigenvalue weighted by atomic mass is 32.2. The van der Waals surface area contributed by atoms with Gasteiger partial charge in [-0.1, -0.05) is 18.2 Å². The summed E-state index contributed by atoms with van der Waals surface area (Å²) in [5, 5.41) is 1.84. The number of sulfone groups is 2. The quantitative estimate of drug-likeness (QED) is 0.756. The molecule has 0 aromatic heterocycles. The molecule has 0 spiro atoms. The molecule has 150 valence electrons. The largest absolute Gasteiger partial charge is 0.496 e. The second kappa shape index (κ2) is 7.92. The Morgan fingerprint density at radius 2 is 1.82 bits per heavy atom. The number of rotatable bonds is 6. The molecule has 1 amide bonds. The van der Waals surface area contributed by atoms with Gasteiger partial charge >= 0.3 is 0 Å². The third kappa shape index (κ3) is 4.36. The van der Waals surface area contributed by atoms with Gasteiger partial charge in [-0.05, 0) is 36.8 Å². The number of methoxy groups -OCH3 is 1. The first-order valence-electron chi connectivity index (χ1n) is 8.67. The fourth-order valence-electron chi connectivity index (χ4n) is 3.12. The van der Waals surface area contributed by atoms with Gasteiger partial charge in [0.15, 0.2) is 19.7 Å². The number of amides is 1. The molecule has 1 atom stereocenters. The smallest absolute Gasteiger partial charge is 0.251 e. The Labute approximate surface area is 164 Å². The highest BCUT2D eigenvalue weighted by Gasteiger charge is 2.37. The zero-order chi connectivity index (χ0) is 20.4. The van der Waals surface area contributed by atoms with Crippen molar-refractivity contribution in [2.24, 2.45) is 0 Å². The summed E-state index contributed by atoms with van der Waals surface area (Å²) in [6, 6.07) is 12.8. The van der Waals surface area contributed by atoms with Gasteiger partial charge in [0.1, 0.15) is 5.75 Å². The number of ether oxygens (including phenoxy) is 1. The maximum Gasteiger partial charge on any atom is 0.251 e. The molecule has 1 aliphatic heterocycles. The molecule has 1 aliphatic rings. The van der Waals surface area contributed by atoms with E-state index in [-0.39, 0.29) is 35.3 Å². The van der Waals surface area contributed by atoms with E-state index in [1.807, 2.05) is 18.2 Å². The van der Waals surface area contributed by atoms with E-state index in [2.05, 4.69) is 5.32 Å². The Morgan fingerprint density at radius 1 is 1.14 bits per heavy atom. The van der Waals surface area contributed by atoms with Gasteiger partial charge in [0, 0.05) is 17.7 Å². The Kier molecular flexibility index (Phi) is 5.76. The van der Waals surface area contributed by atoms with Gasteiger partial charge < -0.3 is 10.1 Å². The summed E-state index contributed by atoms with van der Waals surface area (Å²) in [4.78, 5) is 12.4. The van der Waals surface area contributed by atoms with Crippen molar-refractivity contribution in [1.82, 2.24) is 5.32 Å². The molecule has 1 N–H and O–H groups in total. The molecule has 0 saturated carbocycles. The predicted octanol–water partition coefficient (Wildman–Crippen LogP) is 1.59. The van der Waals surface area contributed by atoms with E-state index < -0.39 is 24.9 Å². The van der Waals surface area contributed by atoms with Crippen LogP contribution in [-0.2, 0) is 26.2 Å². The molecular weight excluding hydrogens is 402 g/mol. The Hall–Kier alpha value is -2.39. The van der Waals surface area contributed by atoms with E-state index in [0.29, 0.717) is 11.3 Å². The number of carbonyl (C=O) groups excluding carboxylic acids is 1. The van der Waals surface area contributed by atoms with E-state index in [4.69, 9.17) is 4.74 Å². The average Bonchev–Trinajstić information content (AvgIpc) is 3.07. The zero-order valence-electron chi connectivity index (χ0n) is 15.3. The number of hydrogen-bond acceptors (Lipinski definition) is 6. The van der Waals surface area contributed by atoms with Gasteiger partial charge in [-0.25, -0.2) is 16.8 Å². The minimum absolute atomic E-state index is 0.0240. The third-order valence-electron chi connectivity index (χ3n) is 4.71. The van der Waals surface area contributed by atoms with E-state index in [1.54, 1.807) is 13.2 Å². The number of benzene rings is 2. The first-order valence-corrected chi connectivity index (χ1v) is 12.0. The molecule has 0 bridgehead atoms. The van der Waals surface area contributed by atoms with Crippen LogP contribution in [0.15, 0.2) is 53.4 Å².